The second-order valence-electron chi connectivity index (χ2n) is 8.79. The van der Waals surface area contributed by atoms with Crippen LogP contribution in [0.15, 0.2) is 9.80 Å². The van der Waals surface area contributed by atoms with Crippen molar-refractivity contribution in [1.82, 2.24) is 15.3 Å². The third-order valence-electron chi connectivity index (χ3n) is 3.53. The van der Waals surface area contributed by atoms with Crippen molar-refractivity contribution < 1.29 is 33.4 Å². The Bertz CT molecular complexity index is 966. The van der Waals surface area contributed by atoms with E-state index < -0.39 is 35.3 Å². The van der Waals surface area contributed by atoms with Gasteiger partial charge < -0.3 is 24.3 Å². The van der Waals surface area contributed by atoms with E-state index in [0.717, 1.165) is 0 Å². The van der Waals surface area contributed by atoms with Gasteiger partial charge in [0.1, 0.15) is 28.7 Å². The van der Waals surface area contributed by atoms with Gasteiger partial charge in [-0.1, -0.05) is 0 Å². The van der Waals surface area contributed by atoms with Gasteiger partial charge in [0.2, 0.25) is 5.89 Å². The monoisotopic (exact) mass is 453 g/mol. The first-order chi connectivity index (χ1) is 14.1. The average molecular weight is 454 g/mol. The van der Waals surface area contributed by atoms with E-state index in [1.807, 2.05) is 0 Å². The van der Waals surface area contributed by atoms with Gasteiger partial charge in [-0.3, -0.25) is 0 Å². The second-order valence-corrected chi connectivity index (χ2v) is 9.73. The van der Waals surface area contributed by atoms with Crippen molar-refractivity contribution in [3.63, 3.8) is 0 Å². The molecule has 11 heteroatoms. The van der Waals surface area contributed by atoms with E-state index in [1.54, 1.807) is 46.9 Å². The summed E-state index contributed by atoms with van der Waals surface area (Å²) in [5, 5.41) is 13.8. The minimum absolute atomic E-state index is 0.0459. The maximum atomic E-state index is 12.7. The number of carbonyl (C=O) groups is 3. The highest BCUT2D eigenvalue weighted by molar-refractivity contribution is 7.09. The molecule has 1 unspecified atom stereocenters. The van der Waals surface area contributed by atoms with Gasteiger partial charge in [-0.15, -0.1) is 11.3 Å². The maximum Gasteiger partial charge on any atom is 0.408 e. The van der Waals surface area contributed by atoms with E-state index in [-0.39, 0.29) is 23.8 Å². The Balaban J connectivity index is 2.22. The Morgan fingerprint density at radius 3 is 2.26 bits per heavy atom. The van der Waals surface area contributed by atoms with Crippen LogP contribution in [0, 0.1) is 6.92 Å². The molecule has 1 atom stereocenters. The van der Waals surface area contributed by atoms with E-state index in [9.17, 15) is 14.4 Å². The Hall–Kier alpha value is -2.95. The molecule has 0 aliphatic heterocycles. The Kier molecular flexibility index (Phi) is 7.10. The number of oxazole rings is 1. The van der Waals surface area contributed by atoms with Crippen LogP contribution in [-0.4, -0.2) is 50.4 Å². The van der Waals surface area contributed by atoms with Gasteiger partial charge in [0, 0.05) is 11.8 Å². The summed E-state index contributed by atoms with van der Waals surface area (Å²) in [6.45, 7) is 11.8. The van der Waals surface area contributed by atoms with Crippen LogP contribution in [0.4, 0.5) is 4.79 Å². The van der Waals surface area contributed by atoms with E-state index >= 15 is 0 Å². The smallest absolute Gasteiger partial charge is 0.408 e. The molecule has 0 aromatic carbocycles. The zero-order valence-electron chi connectivity index (χ0n) is 18.6. The summed E-state index contributed by atoms with van der Waals surface area (Å²) in [6, 6.07) is -1.03. The van der Waals surface area contributed by atoms with Gasteiger partial charge in [0.15, 0.2) is 5.69 Å². The maximum absolute atomic E-state index is 12.7. The number of aryl methyl sites for hydroxylation is 1. The summed E-state index contributed by atoms with van der Waals surface area (Å²) in [5.41, 5.74) is -1.35. The van der Waals surface area contributed by atoms with E-state index in [1.165, 1.54) is 18.3 Å². The summed E-state index contributed by atoms with van der Waals surface area (Å²) < 4.78 is 16.0. The average Bonchev–Trinajstić information content (AvgIpc) is 3.17. The SMILES string of the molecule is Cc1oc(-c2csc(CC(NC(=O)OC(C)(C)C)C(=O)OC(C)(C)C)n2)nc1C(=O)O. The topological polar surface area (TPSA) is 141 Å². The van der Waals surface area contributed by atoms with Crippen LogP contribution in [0.1, 0.15) is 62.8 Å². The highest BCUT2D eigenvalue weighted by Gasteiger charge is 2.30. The molecule has 0 bridgehead atoms. The number of esters is 1. The number of ether oxygens (including phenoxy) is 2. The molecule has 2 aromatic heterocycles. The number of aromatic carboxylic acids is 1. The number of rotatable bonds is 6. The molecule has 0 fully saturated rings. The molecule has 0 aliphatic carbocycles. The van der Waals surface area contributed by atoms with Gasteiger partial charge >= 0.3 is 18.0 Å². The van der Waals surface area contributed by atoms with Gasteiger partial charge in [-0.2, -0.15) is 0 Å². The van der Waals surface area contributed by atoms with Crippen LogP contribution in [0.5, 0.6) is 0 Å². The normalized spacial score (nSPS) is 12.9. The lowest BCUT2D eigenvalue weighted by atomic mass is 10.1. The fourth-order valence-electron chi connectivity index (χ4n) is 2.40. The molecule has 2 aromatic rings. The van der Waals surface area contributed by atoms with Crippen molar-refractivity contribution in [3.05, 3.63) is 21.8 Å². The van der Waals surface area contributed by atoms with Crippen LogP contribution in [0.2, 0.25) is 0 Å². The molecule has 0 aliphatic rings. The number of hydrogen-bond acceptors (Lipinski definition) is 9. The standard InChI is InChI=1S/C20H27N3O7S/c1-10-14(16(24)25)23-15(28-10)12-9-31-13(21-12)8-11(17(26)29-19(2,3)4)22-18(27)30-20(5,6)7/h9,11H,8H2,1-7H3,(H,22,27)(H,24,25). The fraction of sp³-hybridized carbons (Fsp3) is 0.550. The van der Waals surface area contributed by atoms with Crippen molar-refractivity contribution in [1.29, 1.82) is 0 Å². The molecule has 2 rings (SSSR count). The lowest BCUT2D eigenvalue weighted by Crippen LogP contribution is -2.47. The Labute approximate surface area is 184 Å². The number of nitrogens with one attached hydrogen (secondary N) is 1. The number of nitrogens with zero attached hydrogens (tertiary/aromatic N) is 2. The molecule has 0 saturated carbocycles. The second kappa shape index (κ2) is 9.04. The van der Waals surface area contributed by atoms with Gasteiger partial charge in [0.25, 0.3) is 0 Å². The third kappa shape index (κ3) is 7.35. The molecule has 170 valence electrons. The van der Waals surface area contributed by atoms with Crippen LogP contribution < -0.4 is 5.32 Å². The lowest BCUT2D eigenvalue weighted by Gasteiger charge is -2.25. The number of carbonyl (C=O) groups excluding carboxylic acids is 2. The predicted molar refractivity (Wildman–Crippen MR) is 112 cm³/mol. The molecule has 10 nitrogen and oxygen atoms in total. The predicted octanol–water partition coefficient (Wildman–Crippen LogP) is 3.58. The lowest BCUT2D eigenvalue weighted by molar-refractivity contribution is -0.157. The van der Waals surface area contributed by atoms with Gasteiger partial charge in [-0.25, -0.2) is 24.4 Å². The molecule has 0 saturated heterocycles. The number of amides is 1. The summed E-state index contributed by atoms with van der Waals surface area (Å²) in [5.74, 6) is -1.61. The van der Waals surface area contributed by atoms with Gasteiger partial charge in [-0.05, 0) is 48.5 Å². The van der Waals surface area contributed by atoms with E-state index in [4.69, 9.17) is 19.0 Å². The number of hydrogen-bond donors (Lipinski definition) is 2. The Morgan fingerprint density at radius 1 is 1.13 bits per heavy atom. The van der Waals surface area contributed by atoms with E-state index in [2.05, 4.69) is 15.3 Å². The number of aromatic nitrogens is 2. The molecule has 1 amide bonds. The largest absolute Gasteiger partial charge is 0.476 e. The van der Waals surface area contributed by atoms with Crippen LogP contribution in [-0.2, 0) is 20.7 Å². The Morgan fingerprint density at radius 2 is 1.74 bits per heavy atom. The van der Waals surface area contributed by atoms with Crippen LogP contribution in [0.25, 0.3) is 11.6 Å². The fourth-order valence-corrected chi connectivity index (χ4v) is 3.21. The minimum Gasteiger partial charge on any atom is -0.476 e. The van der Waals surface area contributed by atoms with Crippen LogP contribution >= 0.6 is 11.3 Å². The summed E-state index contributed by atoms with van der Waals surface area (Å²) in [4.78, 5) is 44.3. The minimum atomic E-state index is -1.20. The molecule has 31 heavy (non-hydrogen) atoms. The summed E-state index contributed by atoms with van der Waals surface area (Å²) >= 11 is 1.21. The molecular weight excluding hydrogens is 426 g/mol. The first-order valence-electron chi connectivity index (χ1n) is 9.52. The number of carboxylic acid groups (broad SMARTS) is 1. The summed E-state index contributed by atoms with van der Waals surface area (Å²) in [6.07, 6.45) is -0.709. The molecule has 2 N–H and O–H groups in total. The quantitative estimate of drug-likeness (QED) is 0.628. The number of carboxylic acids is 1. The zero-order valence-corrected chi connectivity index (χ0v) is 19.4. The van der Waals surface area contributed by atoms with Crippen molar-refractivity contribution >= 4 is 29.4 Å². The molecule has 0 spiro atoms. The number of thiazole rings is 1. The molecular formula is C20H27N3O7S. The third-order valence-corrected chi connectivity index (χ3v) is 4.40. The highest BCUT2D eigenvalue weighted by atomic mass is 32.1. The molecule has 0 radical (unpaired) electrons. The zero-order chi connectivity index (χ0) is 23.6. The van der Waals surface area contributed by atoms with Crippen LogP contribution in [0.3, 0.4) is 0 Å². The first-order valence-corrected chi connectivity index (χ1v) is 10.4. The highest BCUT2D eigenvalue weighted by Crippen LogP contribution is 2.25. The number of alkyl carbamates (subject to hydrolysis) is 1. The van der Waals surface area contributed by atoms with Gasteiger partial charge in [0.05, 0.1) is 5.01 Å². The van der Waals surface area contributed by atoms with Crippen molar-refractivity contribution in [2.75, 3.05) is 0 Å². The summed E-state index contributed by atoms with van der Waals surface area (Å²) in [7, 11) is 0. The van der Waals surface area contributed by atoms with Crippen molar-refractivity contribution in [3.8, 4) is 11.6 Å². The first kappa shape index (κ1) is 24.3. The van der Waals surface area contributed by atoms with Crippen molar-refractivity contribution in [2.45, 2.75) is 72.1 Å². The molecule has 2 heterocycles. The van der Waals surface area contributed by atoms with Crippen molar-refractivity contribution in [2.24, 2.45) is 0 Å². The van der Waals surface area contributed by atoms with E-state index in [0.29, 0.717) is 10.7 Å².